The number of nitrogens with zero attached hydrogens (tertiary/aromatic N) is 2. The Morgan fingerprint density at radius 1 is 0.680 bits per heavy atom. The van der Waals surface area contributed by atoms with Gasteiger partial charge in [0, 0.05) is 38.3 Å². The number of nitrogens with one attached hydrogen (secondary N) is 5. The summed E-state index contributed by atoms with van der Waals surface area (Å²) in [5, 5.41) is 110. The highest BCUT2D eigenvalue weighted by Gasteiger charge is 2.50. The number of aliphatic hydroxyl groups is 8. The van der Waals surface area contributed by atoms with Crippen LogP contribution in [0.15, 0.2) is 48.6 Å². The highest BCUT2D eigenvalue weighted by atomic mass is 16.3. The molecule has 3 fully saturated rings. The number of allylic oxidation sites excluding steroid dienone is 4. The van der Waals surface area contributed by atoms with Gasteiger partial charge in [-0.2, -0.15) is 0 Å². The highest BCUT2D eigenvalue weighted by molar-refractivity contribution is 5.98. The van der Waals surface area contributed by atoms with Crippen molar-refractivity contribution in [2.45, 2.75) is 203 Å². The van der Waals surface area contributed by atoms with E-state index < -0.39 is 152 Å². The Hall–Kier alpha value is -5.53. The zero-order valence-corrected chi connectivity index (χ0v) is 43.4. The second kappa shape index (κ2) is 30.3. The molecule has 75 heavy (non-hydrogen) atoms. The first-order chi connectivity index (χ1) is 35.6. The third-order valence-corrected chi connectivity index (χ3v) is 13.9. The van der Waals surface area contributed by atoms with Crippen molar-refractivity contribution in [3.63, 3.8) is 0 Å². The van der Waals surface area contributed by atoms with Crippen LogP contribution in [0.1, 0.15) is 129 Å². The molecule has 0 bridgehead atoms. The molecule has 1 aromatic rings. The van der Waals surface area contributed by atoms with Crippen molar-refractivity contribution in [1.29, 1.82) is 0 Å². The van der Waals surface area contributed by atoms with E-state index in [-0.39, 0.29) is 24.3 Å². The predicted octanol–water partition coefficient (Wildman–Crippen LogP) is -1.33. The molecular weight excluding hydrogens is 979 g/mol. The van der Waals surface area contributed by atoms with Gasteiger partial charge in [0.25, 0.3) is 0 Å². The number of aliphatic hydroxyl groups excluding tert-OH is 8. The van der Waals surface area contributed by atoms with E-state index in [1.165, 1.54) is 38.3 Å². The molecule has 3 heterocycles. The molecule has 7 amide bonds. The molecule has 14 N–H and O–H groups in total. The van der Waals surface area contributed by atoms with Crippen LogP contribution in [-0.4, -0.2) is 189 Å². The molecule has 3 aliphatic heterocycles. The fourth-order valence-electron chi connectivity index (χ4n) is 9.39. The molecule has 23 heteroatoms. The van der Waals surface area contributed by atoms with E-state index in [1.807, 2.05) is 0 Å². The number of rotatable bonds is 20. The van der Waals surface area contributed by atoms with Crippen LogP contribution in [0.4, 0.5) is 0 Å². The van der Waals surface area contributed by atoms with Gasteiger partial charge in [-0.25, -0.2) is 0 Å². The van der Waals surface area contributed by atoms with Gasteiger partial charge in [-0.3, -0.25) is 33.6 Å². The lowest BCUT2D eigenvalue weighted by molar-refractivity contribution is -0.148. The van der Waals surface area contributed by atoms with Crippen molar-refractivity contribution < 1.29 is 79.5 Å². The van der Waals surface area contributed by atoms with Gasteiger partial charge in [-0.1, -0.05) is 82.4 Å². The van der Waals surface area contributed by atoms with Crippen LogP contribution in [0.5, 0.6) is 5.75 Å². The van der Waals surface area contributed by atoms with E-state index in [0.29, 0.717) is 12.8 Å². The fraction of sp³-hybridized carbons (Fsp3) is 0.673. The molecule has 0 unspecified atom stereocenters. The van der Waals surface area contributed by atoms with Crippen LogP contribution in [0.25, 0.3) is 0 Å². The Morgan fingerprint density at radius 2 is 1.24 bits per heavy atom. The van der Waals surface area contributed by atoms with E-state index in [1.54, 1.807) is 0 Å². The molecule has 4 rings (SSSR count). The largest absolute Gasteiger partial charge is 0.508 e. The average Bonchev–Trinajstić information content (AvgIpc) is 3.91. The molecule has 0 spiro atoms. The molecule has 420 valence electrons. The zero-order chi connectivity index (χ0) is 55.5. The Bertz CT molecular complexity index is 2110. The summed E-state index contributed by atoms with van der Waals surface area (Å²) in [5.41, 5.74) is -0.0614. The lowest BCUT2D eigenvalue weighted by atomic mass is 9.96. The summed E-state index contributed by atoms with van der Waals surface area (Å²) < 4.78 is 0. The SMILES string of the molecule is CCCCCC=CCC=CCCCCCCCC(=O)N[C@@H]1C[C@@H](O)[C@H](O)NC(=O)[C@H]2[C@H](O)[C@H](C)CN2C(=O)[C@H]([C@H](C)O)NC(=O)[C@@H]([C@H](O)[C@H](O)c2ccc(O)cc2)NC(=O)[C@H]2C[C@H](O)CN2C(=O)[C@@H]([C@H](C)O)NC1=O. The molecule has 15 atom stereocenters. The second-order valence-corrected chi connectivity index (χ2v) is 20.1. The van der Waals surface area contributed by atoms with Gasteiger partial charge in [0.15, 0.2) is 6.23 Å². The molecule has 23 nitrogen and oxygen atoms in total. The van der Waals surface area contributed by atoms with Gasteiger partial charge in [-0.05, 0) is 70.1 Å². The summed E-state index contributed by atoms with van der Waals surface area (Å²) in [6, 6.07) is -6.61. The number of aromatic hydroxyl groups is 1. The van der Waals surface area contributed by atoms with E-state index in [4.69, 9.17) is 0 Å². The van der Waals surface area contributed by atoms with Crippen LogP contribution >= 0.6 is 0 Å². The zero-order valence-electron chi connectivity index (χ0n) is 43.4. The number of carbonyl (C=O) groups excluding carboxylic acids is 7. The number of fused-ring (bicyclic) bond motifs is 2. The maximum absolute atomic E-state index is 14.3. The standard InChI is InChI=1S/C52H81N7O16/c1-5-6-7-8-9-10-11-12-13-14-15-16-17-18-19-20-38(65)53-35-26-37(64)48(71)57-50(73)42-43(66)29(2)27-59(42)52(75)40(31(4)61)55-49(72)41(45(68)44(67)32-21-23-33(62)24-22-32)56-47(70)36-25-34(63)28-58(36)51(74)39(30(3)60)54-46(35)69/h9-10,12-13,21-24,29-31,34-37,39-45,48,60-64,66-68,71H,5-8,11,14-20,25-28H2,1-4H3,(H,53,65)(H,54,69)(H,55,72)(H,56,70)(H,57,73)/t29-,30+,31+,34+,35-,36-,37-,39-,40+,41-,42-,43-,44-,45+,48+/m1/s1. The summed E-state index contributed by atoms with van der Waals surface area (Å²) >= 11 is 0. The molecule has 3 aliphatic rings. The number of carbonyl (C=O) groups is 7. The van der Waals surface area contributed by atoms with Gasteiger partial charge >= 0.3 is 0 Å². The van der Waals surface area contributed by atoms with Gasteiger partial charge in [0.2, 0.25) is 41.4 Å². The Kier molecular flexibility index (Phi) is 25.0. The minimum atomic E-state index is -2.27. The van der Waals surface area contributed by atoms with E-state index in [0.717, 1.165) is 74.3 Å². The van der Waals surface area contributed by atoms with Crippen molar-refractivity contribution >= 4 is 41.4 Å². The highest BCUT2D eigenvalue weighted by Crippen LogP contribution is 2.28. The van der Waals surface area contributed by atoms with Crippen LogP contribution in [0.3, 0.4) is 0 Å². The van der Waals surface area contributed by atoms with E-state index in [9.17, 15) is 79.5 Å². The van der Waals surface area contributed by atoms with Gasteiger partial charge in [-0.15, -0.1) is 0 Å². The first-order valence-electron chi connectivity index (χ1n) is 26.2. The van der Waals surface area contributed by atoms with Crippen molar-refractivity contribution in [3.8, 4) is 5.75 Å². The van der Waals surface area contributed by atoms with Crippen LogP contribution in [0.2, 0.25) is 0 Å². The van der Waals surface area contributed by atoms with Crippen LogP contribution in [0, 0.1) is 5.92 Å². The summed E-state index contributed by atoms with van der Waals surface area (Å²) in [6.45, 7) is 4.97. The molecule has 1 aromatic carbocycles. The smallest absolute Gasteiger partial charge is 0.248 e. The number of benzene rings is 1. The van der Waals surface area contributed by atoms with Crippen molar-refractivity contribution in [2.24, 2.45) is 5.92 Å². The first kappa shape index (κ1) is 62.0. The minimum Gasteiger partial charge on any atom is -0.508 e. The Balaban J connectivity index is 1.62. The number of phenolic OH excluding ortho intramolecular Hbond substituents is 1. The predicted molar refractivity (Wildman–Crippen MR) is 271 cm³/mol. The Labute approximate surface area is 437 Å². The summed E-state index contributed by atoms with van der Waals surface area (Å²) in [5.74, 6) is -8.97. The topological polar surface area (TPSA) is 368 Å². The Morgan fingerprint density at radius 3 is 1.85 bits per heavy atom. The van der Waals surface area contributed by atoms with E-state index >= 15 is 0 Å². The molecule has 0 radical (unpaired) electrons. The van der Waals surface area contributed by atoms with E-state index in [2.05, 4.69) is 57.8 Å². The van der Waals surface area contributed by atoms with Crippen molar-refractivity contribution in [3.05, 3.63) is 54.1 Å². The normalized spacial score (nSPS) is 29.4. The maximum atomic E-state index is 14.3. The third kappa shape index (κ3) is 18.0. The molecule has 0 saturated carbocycles. The average molecular weight is 1060 g/mol. The molecule has 0 aromatic heterocycles. The number of phenols is 1. The minimum absolute atomic E-state index is 0.0614. The third-order valence-electron chi connectivity index (χ3n) is 13.9. The summed E-state index contributed by atoms with van der Waals surface area (Å²) in [6.07, 6.45) is 2.50. The summed E-state index contributed by atoms with van der Waals surface area (Å²) in [4.78, 5) is 100. The van der Waals surface area contributed by atoms with Crippen LogP contribution < -0.4 is 26.6 Å². The first-order valence-corrected chi connectivity index (χ1v) is 26.2. The number of hydrogen-bond acceptors (Lipinski definition) is 16. The van der Waals surface area contributed by atoms with Crippen molar-refractivity contribution in [2.75, 3.05) is 13.1 Å². The lowest BCUT2D eigenvalue weighted by Gasteiger charge is -2.34. The summed E-state index contributed by atoms with van der Waals surface area (Å²) in [7, 11) is 0. The fourth-order valence-corrected chi connectivity index (χ4v) is 9.39. The van der Waals surface area contributed by atoms with Crippen molar-refractivity contribution in [1.82, 2.24) is 36.4 Å². The monoisotopic (exact) mass is 1060 g/mol. The number of hydrogen-bond donors (Lipinski definition) is 14. The lowest BCUT2D eigenvalue weighted by Crippen LogP contribution is -2.64. The number of unbranched alkanes of at least 4 members (excludes halogenated alkanes) is 8. The molecular formula is C52H81N7O16. The number of amides is 7. The van der Waals surface area contributed by atoms with Gasteiger partial charge in [0.1, 0.15) is 60.3 Å². The molecule has 3 saturated heterocycles. The second-order valence-electron chi connectivity index (χ2n) is 20.1. The van der Waals surface area contributed by atoms with Gasteiger partial charge in [0.05, 0.1) is 24.4 Å². The van der Waals surface area contributed by atoms with Gasteiger partial charge < -0.3 is 82.3 Å². The quantitative estimate of drug-likeness (QED) is 0.0531. The maximum Gasteiger partial charge on any atom is 0.248 e. The molecule has 0 aliphatic carbocycles. The van der Waals surface area contributed by atoms with Crippen LogP contribution in [-0.2, 0) is 33.6 Å².